The molecule has 0 saturated carbocycles. The van der Waals surface area contributed by atoms with Crippen molar-refractivity contribution in [1.29, 1.82) is 0 Å². The number of rotatable bonds is 7. The van der Waals surface area contributed by atoms with Crippen LogP contribution in [-0.4, -0.2) is 58.6 Å². The standard InChI is InChI=1S/C20H27N3O4S2/c1-4-22(15-9-10-29(26,27)13-15)18(24)12-28-20-21-17-8-6-5-7-16(17)19(25)23(20)11-14(2)3/h5-8,14-15H,4,9-13H2,1-3H3. The van der Waals surface area contributed by atoms with Crippen LogP contribution < -0.4 is 5.56 Å². The molecule has 0 radical (unpaired) electrons. The van der Waals surface area contributed by atoms with Crippen molar-refractivity contribution in [2.24, 2.45) is 5.92 Å². The molecule has 1 aliphatic rings. The molecule has 0 aliphatic carbocycles. The average Bonchev–Trinajstić information content (AvgIpc) is 3.02. The van der Waals surface area contributed by atoms with E-state index in [0.717, 1.165) is 0 Å². The van der Waals surface area contributed by atoms with E-state index in [2.05, 4.69) is 4.98 Å². The lowest BCUT2D eigenvalue weighted by Crippen LogP contribution is -2.42. The molecular formula is C20H27N3O4S2. The summed E-state index contributed by atoms with van der Waals surface area (Å²) in [6.45, 7) is 6.90. The molecule has 9 heteroatoms. The number of thioether (sulfide) groups is 1. The van der Waals surface area contributed by atoms with Crippen molar-refractivity contribution in [2.45, 2.75) is 44.9 Å². The molecule has 2 heterocycles. The molecule has 29 heavy (non-hydrogen) atoms. The predicted octanol–water partition coefficient (Wildman–Crippen LogP) is 2.18. The first kappa shape index (κ1) is 21.8. The van der Waals surface area contributed by atoms with E-state index in [1.807, 2.05) is 32.9 Å². The number of benzene rings is 1. The van der Waals surface area contributed by atoms with E-state index in [9.17, 15) is 18.0 Å². The second-order valence-corrected chi connectivity index (χ2v) is 10.9. The van der Waals surface area contributed by atoms with Gasteiger partial charge in [0, 0.05) is 19.1 Å². The zero-order valence-corrected chi connectivity index (χ0v) is 18.6. The van der Waals surface area contributed by atoms with Crippen molar-refractivity contribution >= 4 is 38.4 Å². The smallest absolute Gasteiger partial charge is 0.262 e. The zero-order valence-electron chi connectivity index (χ0n) is 17.0. The minimum atomic E-state index is -3.06. The molecule has 1 unspecified atom stereocenters. The fourth-order valence-corrected chi connectivity index (χ4v) is 6.28. The Morgan fingerprint density at radius 3 is 2.69 bits per heavy atom. The maximum Gasteiger partial charge on any atom is 0.262 e. The van der Waals surface area contributed by atoms with Crippen molar-refractivity contribution in [3.63, 3.8) is 0 Å². The van der Waals surface area contributed by atoms with Gasteiger partial charge in [-0.2, -0.15) is 0 Å². The Bertz CT molecular complexity index is 1060. The largest absolute Gasteiger partial charge is 0.338 e. The van der Waals surface area contributed by atoms with E-state index in [1.54, 1.807) is 21.6 Å². The highest BCUT2D eigenvalue weighted by molar-refractivity contribution is 7.99. The maximum atomic E-state index is 12.9. The van der Waals surface area contributed by atoms with Gasteiger partial charge in [0.1, 0.15) is 0 Å². The highest BCUT2D eigenvalue weighted by Gasteiger charge is 2.33. The summed E-state index contributed by atoms with van der Waals surface area (Å²) in [5.74, 6) is 0.408. The van der Waals surface area contributed by atoms with Crippen molar-refractivity contribution in [3.05, 3.63) is 34.6 Å². The number of hydrogen-bond donors (Lipinski definition) is 0. The molecule has 158 valence electrons. The number of hydrogen-bond acceptors (Lipinski definition) is 6. The number of carbonyl (C=O) groups is 1. The highest BCUT2D eigenvalue weighted by Crippen LogP contribution is 2.22. The lowest BCUT2D eigenvalue weighted by Gasteiger charge is -2.26. The van der Waals surface area contributed by atoms with E-state index >= 15 is 0 Å². The number of fused-ring (bicyclic) bond motifs is 1. The fraction of sp³-hybridized carbons (Fsp3) is 0.550. The topological polar surface area (TPSA) is 89.3 Å². The van der Waals surface area contributed by atoms with Gasteiger partial charge in [-0.25, -0.2) is 13.4 Å². The van der Waals surface area contributed by atoms with E-state index in [4.69, 9.17) is 0 Å². The van der Waals surface area contributed by atoms with E-state index in [-0.39, 0.29) is 40.7 Å². The van der Waals surface area contributed by atoms with Gasteiger partial charge in [0.15, 0.2) is 15.0 Å². The number of sulfone groups is 1. The molecule has 7 nitrogen and oxygen atoms in total. The van der Waals surface area contributed by atoms with Crippen LogP contribution in [-0.2, 0) is 21.2 Å². The van der Waals surface area contributed by atoms with Crippen molar-refractivity contribution in [2.75, 3.05) is 23.8 Å². The van der Waals surface area contributed by atoms with Crippen LogP contribution in [0, 0.1) is 5.92 Å². The Balaban J connectivity index is 1.83. The van der Waals surface area contributed by atoms with E-state index in [1.165, 1.54) is 11.8 Å². The summed E-state index contributed by atoms with van der Waals surface area (Å²) in [6, 6.07) is 6.95. The van der Waals surface area contributed by atoms with E-state index < -0.39 is 9.84 Å². The summed E-state index contributed by atoms with van der Waals surface area (Å²) in [6.07, 6.45) is 0.485. The molecular weight excluding hydrogens is 410 g/mol. The molecule has 2 aromatic rings. The molecule has 0 spiro atoms. The maximum absolute atomic E-state index is 12.9. The summed E-state index contributed by atoms with van der Waals surface area (Å²) < 4.78 is 25.2. The molecule has 1 fully saturated rings. The molecule has 1 aromatic heterocycles. The third-order valence-corrected chi connectivity index (χ3v) is 7.72. The highest BCUT2D eigenvalue weighted by atomic mass is 32.2. The molecule has 1 saturated heterocycles. The van der Waals surface area contributed by atoms with Crippen LogP contribution in [0.25, 0.3) is 10.9 Å². The third-order valence-electron chi connectivity index (χ3n) is 5.01. The first-order valence-corrected chi connectivity index (χ1v) is 12.6. The summed E-state index contributed by atoms with van der Waals surface area (Å²) in [7, 11) is -3.06. The summed E-state index contributed by atoms with van der Waals surface area (Å²) in [5, 5.41) is 1.08. The Morgan fingerprint density at radius 1 is 1.34 bits per heavy atom. The van der Waals surface area contributed by atoms with Gasteiger partial charge >= 0.3 is 0 Å². The van der Waals surface area contributed by atoms with Gasteiger partial charge in [0.25, 0.3) is 5.56 Å². The van der Waals surface area contributed by atoms with Crippen LogP contribution in [0.4, 0.5) is 0 Å². The molecule has 0 bridgehead atoms. The van der Waals surface area contributed by atoms with Crippen LogP contribution in [0.5, 0.6) is 0 Å². The zero-order chi connectivity index (χ0) is 21.2. The van der Waals surface area contributed by atoms with Crippen LogP contribution in [0.1, 0.15) is 27.2 Å². The number of nitrogens with zero attached hydrogens (tertiary/aromatic N) is 3. The lowest BCUT2D eigenvalue weighted by molar-refractivity contribution is -0.129. The summed E-state index contributed by atoms with van der Waals surface area (Å²) in [5.41, 5.74) is 0.509. The van der Waals surface area contributed by atoms with Gasteiger partial charge in [-0.3, -0.25) is 14.2 Å². The minimum Gasteiger partial charge on any atom is -0.338 e. The monoisotopic (exact) mass is 437 g/mol. The molecule has 1 aliphatic heterocycles. The van der Waals surface area contributed by atoms with E-state index in [0.29, 0.717) is 35.6 Å². The van der Waals surface area contributed by atoms with Crippen LogP contribution >= 0.6 is 11.8 Å². The summed E-state index contributed by atoms with van der Waals surface area (Å²) >= 11 is 1.24. The van der Waals surface area contributed by atoms with Gasteiger partial charge in [0.05, 0.1) is 28.2 Å². The molecule has 3 rings (SSSR count). The second-order valence-electron chi connectivity index (χ2n) is 7.75. The molecule has 1 amide bonds. The molecule has 1 aromatic carbocycles. The van der Waals surface area contributed by atoms with Gasteiger partial charge in [-0.15, -0.1) is 0 Å². The minimum absolute atomic E-state index is 0.0313. The van der Waals surface area contributed by atoms with Crippen molar-refractivity contribution in [3.8, 4) is 0 Å². The number of aromatic nitrogens is 2. The lowest BCUT2D eigenvalue weighted by atomic mass is 10.2. The Labute approximate surface area is 175 Å². The SMILES string of the molecule is CCN(C(=O)CSc1nc2ccccc2c(=O)n1CC(C)C)C1CCS(=O)(=O)C1. The Kier molecular flexibility index (Phi) is 6.68. The van der Waals surface area contributed by atoms with Crippen LogP contribution in [0.3, 0.4) is 0 Å². The van der Waals surface area contributed by atoms with Gasteiger partial charge in [-0.05, 0) is 31.4 Å². The van der Waals surface area contributed by atoms with Crippen LogP contribution in [0.15, 0.2) is 34.2 Å². The first-order valence-electron chi connectivity index (χ1n) is 9.84. The molecule has 0 N–H and O–H groups in total. The van der Waals surface area contributed by atoms with Gasteiger partial charge in [0.2, 0.25) is 5.91 Å². The predicted molar refractivity (Wildman–Crippen MR) is 116 cm³/mol. The normalized spacial score (nSPS) is 18.4. The summed E-state index contributed by atoms with van der Waals surface area (Å²) in [4.78, 5) is 32.0. The van der Waals surface area contributed by atoms with Crippen molar-refractivity contribution in [1.82, 2.24) is 14.5 Å². The number of amides is 1. The Hall–Kier alpha value is -1.87. The number of para-hydroxylation sites is 1. The average molecular weight is 438 g/mol. The fourth-order valence-electron chi connectivity index (χ4n) is 3.65. The quantitative estimate of drug-likeness (QED) is 0.487. The second kappa shape index (κ2) is 8.87. The Morgan fingerprint density at radius 2 is 2.07 bits per heavy atom. The van der Waals surface area contributed by atoms with Gasteiger partial charge in [-0.1, -0.05) is 37.7 Å². The first-order chi connectivity index (χ1) is 13.7. The van der Waals surface area contributed by atoms with Gasteiger partial charge < -0.3 is 4.90 Å². The third kappa shape index (κ3) is 5.01. The van der Waals surface area contributed by atoms with Crippen molar-refractivity contribution < 1.29 is 13.2 Å². The number of carbonyl (C=O) groups excluding carboxylic acids is 1. The molecule has 1 atom stereocenters. The van der Waals surface area contributed by atoms with Crippen LogP contribution in [0.2, 0.25) is 0 Å².